The van der Waals surface area contributed by atoms with Crippen molar-refractivity contribution in [2.45, 2.75) is 84.0 Å². The fourth-order valence-electron chi connectivity index (χ4n) is 3.46. The standard InChI is InChI=1S/C25H42N4O5/c1-7-16(2)21(28-23(32)19(26)9-8-14-30)24(33)29(6)20(22(27)31)15-17-10-12-18(13-11-17)34-25(3,4)5/h10-13,16,19-21,30H,7-9,14-15,26H2,1-6H3,(H2,27,31)(H,28,32)/t16-,19-,20-,21-/m0/s1. The maximum absolute atomic E-state index is 13.4. The van der Waals surface area contributed by atoms with Gasteiger partial charge in [-0.1, -0.05) is 32.4 Å². The lowest BCUT2D eigenvalue weighted by molar-refractivity contribution is -0.142. The lowest BCUT2D eigenvalue weighted by atomic mass is 9.95. The van der Waals surface area contributed by atoms with Gasteiger partial charge in [-0.3, -0.25) is 14.4 Å². The zero-order valence-corrected chi connectivity index (χ0v) is 21.3. The predicted molar refractivity (Wildman–Crippen MR) is 132 cm³/mol. The molecule has 0 saturated carbocycles. The Morgan fingerprint density at radius 1 is 1.18 bits per heavy atom. The number of aliphatic hydroxyl groups is 1. The number of amides is 3. The van der Waals surface area contributed by atoms with Gasteiger partial charge in [0.05, 0.1) is 6.04 Å². The summed E-state index contributed by atoms with van der Waals surface area (Å²) in [6, 6.07) is 4.72. The van der Waals surface area contributed by atoms with Crippen LogP contribution in [-0.4, -0.2) is 65.1 Å². The van der Waals surface area contributed by atoms with Gasteiger partial charge < -0.3 is 31.5 Å². The Balaban J connectivity index is 3.01. The number of nitrogens with two attached hydrogens (primary N) is 2. The van der Waals surface area contributed by atoms with Gasteiger partial charge in [0, 0.05) is 20.1 Å². The molecule has 1 aromatic carbocycles. The first-order valence-corrected chi connectivity index (χ1v) is 11.8. The van der Waals surface area contributed by atoms with Crippen LogP contribution in [-0.2, 0) is 20.8 Å². The largest absolute Gasteiger partial charge is 0.488 e. The average molecular weight is 479 g/mol. The van der Waals surface area contributed by atoms with Crippen LogP contribution < -0.4 is 21.5 Å². The summed E-state index contributed by atoms with van der Waals surface area (Å²) in [5, 5.41) is 11.7. The number of benzene rings is 1. The third-order valence-electron chi connectivity index (χ3n) is 5.71. The molecule has 0 radical (unpaired) electrons. The minimum Gasteiger partial charge on any atom is -0.488 e. The maximum Gasteiger partial charge on any atom is 0.245 e. The summed E-state index contributed by atoms with van der Waals surface area (Å²) in [5.41, 5.74) is 12.0. The molecule has 0 bridgehead atoms. The summed E-state index contributed by atoms with van der Waals surface area (Å²) in [6.07, 6.45) is 1.55. The Morgan fingerprint density at radius 3 is 2.24 bits per heavy atom. The van der Waals surface area contributed by atoms with Gasteiger partial charge in [0.1, 0.15) is 23.4 Å². The predicted octanol–water partition coefficient (Wildman–Crippen LogP) is 1.35. The second kappa shape index (κ2) is 13.3. The molecular weight excluding hydrogens is 436 g/mol. The van der Waals surface area contributed by atoms with E-state index in [0.29, 0.717) is 25.0 Å². The first kappa shape index (κ1) is 29.4. The Kier molecular flexibility index (Phi) is 11.5. The van der Waals surface area contributed by atoms with E-state index in [1.165, 1.54) is 11.9 Å². The van der Waals surface area contributed by atoms with E-state index in [-0.39, 0.29) is 24.5 Å². The quantitative estimate of drug-likeness (QED) is 0.336. The first-order chi connectivity index (χ1) is 15.8. The second-order valence-corrected chi connectivity index (χ2v) is 9.77. The molecule has 9 heteroatoms. The first-order valence-electron chi connectivity index (χ1n) is 11.8. The summed E-state index contributed by atoms with van der Waals surface area (Å²) in [5.74, 6) is -1.00. The van der Waals surface area contributed by atoms with E-state index in [0.717, 1.165) is 5.56 Å². The van der Waals surface area contributed by atoms with Crippen LogP contribution in [0.2, 0.25) is 0 Å². The molecule has 34 heavy (non-hydrogen) atoms. The number of carbonyl (C=O) groups is 3. The highest BCUT2D eigenvalue weighted by Crippen LogP contribution is 2.20. The molecule has 0 saturated heterocycles. The SMILES string of the molecule is CC[C@H](C)[C@H](NC(=O)[C@@H](N)CCCO)C(=O)N(C)[C@@H](Cc1ccc(OC(C)(C)C)cc1)C(N)=O. The number of carbonyl (C=O) groups excluding carboxylic acids is 3. The van der Waals surface area contributed by atoms with E-state index < -0.39 is 35.8 Å². The molecule has 0 aliphatic heterocycles. The minimum absolute atomic E-state index is 0.0684. The molecule has 1 rings (SSSR count). The van der Waals surface area contributed by atoms with Gasteiger partial charge in [-0.05, 0) is 57.2 Å². The fraction of sp³-hybridized carbons (Fsp3) is 0.640. The molecule has 3 amide bonds. The Labute approximate surface area is 203 Å². The van der Waals surface area contributed by atoms with E-state index in [1.54, 1.807) is 0 Å². The Morgan fingerprint density at radius 2 is 1.76 bits per heavy atom. The van der Waals surface area contributed by atoms with E-state index in [4.69, 9.17) is 21.3 Å². The molecule has 0 unspecified atom stereocenters. The van der Waals surface area contributed by atoms with Gasteiger partial charge >= 0.3 is 0 Å². The Bertz CT molecular complexity index is 807. The molecule has 0 heterocycles. The van der Waals surface area contributed by atoms with Crippen LogP contribution in [0.25, 0.3) is 0 Å². The van der Waals surface area contributed by atoms with Crippen LogP contribution in [0.4, 0.5) is 0 Å². The highest BCUT2D eigenvalue weighted by atomic mass is 16.5. The Hall–Kier alpha value is -2.65. The fourth-order valence-corrected chi connectivity index (χ4v) is 3.46. The van der Waals surface area contributed by atoms with Gasteiger partial charge in [-0.2, -0.15) is 0 Å². The van der Waals surface area contributed by atoms with Gasteiger partial charge in [-0.15, -0.1) is 0 Å². The van der Waals surface area contributed by atoms with Gasteiger partial charge in [0.25, 0.3) is 0 Å². The van der Waals surface area contributed by atoms with Crippen molar-refractivity contribution >= 4 is 17.7 Å². The average Bonchev–Trinajstić information content (AvgIpc) is 2.77. The number of hydrogen-bond acceptors (Lipinski definition) is 6. The van der Waals surface area contributed by atoms with E-state index in [2.05, 4.69) is 5.32 Å². The number of primary amides is 1. The number of aliphatic hydroxyl groups excluding tert-OH is 1. The lowest BCUT2D eigenvalue weighted by Gasteiger charge is -2.32. The van der Waals surface area contributed by atoms with Crippen molar-refractivity contribution in [2.75, 3.05) is 13.7 Å². The molecule has 0 aliphatic rings. The smallest absolute Gasteiger partial charge is 0.245 e. The van der Waals surface area contributed by atoms with E-state index in [1.807, 2.05) is 58.9 Å². The van der Waals surface area contributed by atoms with Gasteiger partial charge in [0.15, 0.2) is 0 Å². The van der Waals surface area contributed by atoms with Crippen LogP contribution in [0.15, 0.2) is 24.3 Å². The zero-order chi connectivity index (χ0) is 26.1. The van der Waals surface area contributed by atoms with Crippen molar-refractivity contribution in [1.82, 2.24) is 10.2 Å². The summed E-state index contributed by atoms with van der Waals surface area (Å²) in [6.45, 7) is 9.56. The van der Waals surface area contributed by atoms with Crippen molar-refractivity contribution in [2.24, 2.45) is 17.4 Å². The number of likely N-dealkylation sites (N-methyl/N-ethyl adjacent to an activating group) is 1. The van der Waals surface area contributed by atoms with Crippen molar-refractivity contribution in [3.05, 3.63) is 29.8 Å². The van der Waals surface area contributed by atoms with Crippen molar-refractivity contribution in [3.63, 3.8) is 0 Å². The third-order valence-corrected chi connectivity index (χ3v) is 5.71. The van der Waals surface area contributed by atoms with Gasteiger partial charge in [0.2, 0.25) is 17.7 Å². The van der Waals surface area contributed by atoms with Crippen LogP contribution in [0, 0.1) is 5.92 Å². The topological polar surface area (TPSA) is 148 Å². The van der Waals surface area contributed by atoms with Crippen LogP contribution >= 0.6 is 0 Å². The molecular formula is C25H42N4O5. The number of rotatable bonds is 13. The van der Waals surface area contributed by atoms with E-state index in [9.17, 15) is 14.4 Å². The number of nitrogens with zero attached hydrogens (tertiary/aromatic N) is 1. The normalized spacial score (nSPS) is 15.1. The molecule has 0 spiro atoms. The van der Waals surface area contributed by atoms with Crippen molar-refractivity contribution in [1.29, 1.82) is 0 Å². The highest BCUT2D eigenvalue weighted by molar-refractivity contribution is 5.92. The summed E-state index contributed by atoms with van der Waals surface area (Å²) < 4.78 is 5.83. The highest BCUT2D eigenvalue weighted by Gasteiger charge is 2.34. The second-order valence-electron chi connectivity index (χ2n) is 9.77. The molecule has 6 N–H and O–H groups in total. The number of hydrogen-bond donors (Lipinski definition) is 4. The third kappa shape index (κ3) is 9.30. The summed E-state index contributed by atoms with van der Waals surface area (Å²) in [7, 11) is 1.52. The zero-order valence-electron chi connectivity index (χ0n) is 21.3. The maximum atomic E-state index is 13.4. The van der Waals surface area contributed by atoms with Crippen LogP contribution in [0.5, 0.6) is 5.75 Å². The van der Waals surface area contributed by atoms with Crippen LogP contribution in [0.1, 0.15) is 59.4 Å². The molecule has 1 aromatic rings. The minimum atomic E-state index is -0.895. The van der Waals surface area contributed by atoms with E-state index >= 15 is 0 Å². The molecule has 9 nitrogen and oxygen atoms in total. The number of nitrogens with one attached hydrogen (secondary N) is 1. The van der Waals surface area contributed by atoms with Crippen molar-refractivity contribution in [3.8, 4) is 5.75 Å². The van der Waals surface area contributed by atoms with Crippen LogP contribution in [0.3, 0.4) is 0 Å². The molecule has 4 atom stereocenters. The van der Waals surface area contributed by atoms with Crippen molar-refractivity contribution < 1.29 is 24.2 Å². The molecule has 0 fully saturated rings. The molecule has 0 aromatic heterocycles. The molecule has 0 aliphatic carbocycles. The van der Waals surface area contributed by atoms with Gasteiger partial charge in [-0.25, -0.2) is 0 Å². The lowest BCUT2D eigenvalue weighted by Crippen LogP contribution is -2.58. The summed E-state index contributed by atoms with van der Waals surface area (Å²) in [4.78, 5) is 39.5. The molecule has 192 valence electrons. The summed E-state index contributed by atoms with van der Waals surface area (Å²) >= 11 is 0. The number of ether oxygens (including phenoxy) is 1. The monoisotopic (exact) mass is 478 g/mol.